The number of anilines is 1. The van der Waals surface area contributed by atoms with Crippen molar-refractivity contribution in [2.75, 3.05) is 38.1 Å². The van der Waals surface area contributed by atoms with Crippen LogP contribution in [0.3, 0.4) is 0 Å². The molecular weight excluding hydrogens is 304 g/mol. The molecule has 0 atom stereocenters. The molecule has 1 fully saturated rings. The third-order valence-electron chi connectivity index (χ3n) is 3.55. The van der Waals surface area contributed by atoms with Gasteiger partial charge >= 0.3 is 0 Å². The third-order valence-corrected chi connectivity index (χ3v) is 4.25. The first-order valence-corrected chi connectivity index (χ1v) is 7.91. The fourth-order valence-electron chi connectivity index (χ4n) is 2.49. The van der Waals surface area contributed by atoms with Crippen LogP contribution in [0.5, 0.6) is 0 Å². The molecule has 0 unspecified atom stereocenters. The van der Waals surface area contributed by atoms with E-state index >= 15 is 0 Å². The number of hydrogen-bond acceptors (Lipinski definition) is 3. The first kappa shape index (κ1) is 14.8. The van der Waals surface area contributed by atoms with Crippen molar-refractivity contribution in [3.8, 4) is 0 Å². The molecule has 0 saturated carbocycles. The van der Waals surface area contributed by atoms with Gasteiger partial charge in [0.1, 0.15) is 0 Å². The minimum Gasteiger partial charge on any atom is -0.383 e. The molecule has 1 N–H and O–H groups in total. The minimum atomic E-state index is 0.484. The van der Waals surface area contributed by atoms with Gasteiger partial charge in [0.05, 0.1) is 6.10 Å². The molecule has 2 rings (SSSR count). The Morgan fingerprint density at radius 2 is 2.05 bits per heavy atom. The Morgan fingerprint density at radius 3 is 2.74 bits per heavy atom. The SMILES string of the molecule is CCOC1CCN(CCNc2ccccc2Br)CC1. The second kappa shape index (κ2) is 7.88. The number of likely N-dealkylation sites (tertiary alicyclic amines) is 1. The highest BCUT2D eigenvalue weighted by molar-refractivity contribution is 9.10. The van der Waals surface area contributed by atoms with Crippen molar-refractivity contribution >= 4 is 21.6 Å². The lowest BCUT2D eigenvalue weighted by Crippen LogP contribution is -2.39. The van der Waals surface area contributed by atoms with Crippen molar-refractivity contribution in [2.45, 2.75) is 25.9 Å². The molecule has 0 aliphatic carbocycles. The van der Waals surface area contributed by atoms with Gasteiger partial charge < -0.3 is 15.0 Å². The molecule has 0 spiro atoms. The second-order valence-corrected chi connectivity index (χ2v) is 5.76. The lowest BCUT2D eigenvalue weighted by molar-refractivity contribution is 0.0152. The summed E-state index contributed by atoms with van der Waals surface area (Å²) in [6.07, 6.45) is 2.82. The average molecular weight is 327 g/mol. The molecule has 1 aliphatic rings. The molecule has 0 bridgehead atoms. The van der Waals surface area contributed by atoms with E-state index in [4.69, 9.17) is 4.74 Å². The number of nitrogens with one attached hydrogen (secondary N) is 1. The Kier molecular flexibility index (Phi) is 6.14. The zero-order valence-electron chi connectivity index (χ0n) is 11.6. The van der Waals surface area contributed by atoms with Gasteiger partial charge in [0, 0.05) is 42.9 Å². The molecule has 4 heteroatoms. The number of piperidine rings is 1. The van der Waals surface area contributed by atoms with Gasteiger partial charge in [0.25, 0.3) is 0 Å². The molecule has 0 aromatic heterocycles. The van der Waals surface area contributed by atoms with Crippen molar-refractivity contribution in [3.05, 3.63) is 28.7 Å². The molecule has 1 aromatic carbocycles. The number of ether oxygens (including phenoxy) is 1. The van der Waals surface area contributed by atoms with Crippen LogP contribution in [0, 0.1) is 0 Å². The van der Waals surface area contributed by atoms with Gasteiger partial charge in [0.2, 0.25) is 0 Å². The lowest BCUT2D eigenvalue weighted by atomic mass is 10.1. The van der Waals surface area contributed by atoms with Crippen LogP contribution in [0.25, 0.3) is 0 Å². The van der Waals surface area contributed by atoms with E-state index in [9.17, 15) is 0 Å². The maximum Gasteiger partial charge on any atom is 0.0599 e. The van der Waals surface area contributed by atoms with Crippen LogP contribution in [0.1, 0.15) is 19.8 Å². The molecule has 1 aliphatic heterocycles. The lowest BCUT2D eigenvalue weighted by Gasteiger charge is -2.31. The molecule has 1 saturated heterocycles. The van der Waals surface area contributed by atoms with Gasteiger partial charge in [-0.1, -0.05) is 12.1 Å². The number of hydrogen-bond donors (Lipinski definition) is 1. The smallest absolute Gasteiger partial charge is 0.0599 e. The third kappa shape index (κ3) is 4.79. The van der Waals surface area contributed by atoms with E-state index < -0.39 is 0 Å². The van der Waals surface area contributed by atoms with Crippen LogP contribution in [-0.4, -0.2) is 43.8 Å². The highest BCUT2D eigenvalue weighted by Crippen LogP contribution is 2.21. The summed E-state index contributed by atoms with van der Waals surface area (Å²) in [5, 5.41) is 3.48. The molecule has 1 aromatic rings. The van der Waals surface area contributed by atoms with Crippen molar-refractivity contribution in [1.82, 2.24) is 4.90 Å². The average Bonchev–Trinajstić information content (AvgIpc) is 2.43. The van der Waals surface area contributed by atoms with Crippen LogP contribution >= 0.6 is 15.9 Å². The summed E-state index contributed by atoms with van der Waals surface area (Å²) < 4.78 is 6.80. The molecule has 106 valence electrons. The van der Waals surface area contributed by atoms with Crippen molar-refractivity contribution < 1.29 is 4.74 Å². The summed E-state index contributed by atoms with van der Waals surface area (Å²) in [4.78, 5) is 2.51. The Labute approximate surface area is 124 Å². The van der Waals surface area contributed by atoms with E-state index in [1.165, 1.54) is 18.5 Å². The first-order valence-electron chi connectivity index (χ1n) is 7.12. The van der Waals surface area contributed by atoms with Gasteiger partial charge in [-0.3, -0.25) is 0 Å². The van der Waals surface area contributed by atoms with E-state index in [1.54, 1.807) is 0 Å². The highest BCUT2D eigenvalue weighted by atomic mass is 79.9. The summed E-state index contributed by atoms with van der Waals surface area (Å²) in [7, 11) is 0. The zero-order valence-corrected chi connectivity index (χ0v) is 13.2. The predicted octanol–water partition coefficient (Wildman–Crippen LogP) is 3.36. The summed E-state index contributed by atoms with van der Waals surface area (Å²) in [6, 6.07) is 8.26. The molecule has 19 heavy (non-hydrogen) atoms. The fourth-order valence-corrected chi connectivity index (χ4v) is 2.91. The molecule has 0 radical (unpaired) electrons. The summed E-state index contributed by atoms with van der Waals surface area (Å²) in [6.45, 7) is 7.31. The van der Waals surface area contributed by atoms with Crippen molar-refractivity contribution in [3.63, 3.8) is 0 Å². The van der Waals surface area contributed by atoms with Gasteiger partial charge in [-0.05, 0) is 47.8 Å². The Morgan fingerprint density at radius 1 is 1.32 bits per heavy atom. The fraction of sp³-hybridized carbons (Fsp3) is 0.600. The second-order valence-electron chi connectivity index (χ2n) is 4.90. The Bertz CT molecular complexity index is 378. The molecule has 0 amide bonds. The predicted molar refractivity (Wildman–Crippen MR) is 83.7 cm³/mol. The van der Waals surface area contributed by atoms with E-state index in [1.807, 2.05) is 6.07 Å². The summed E-state index contributed by atoms with van der Waals surface area (Å²) >= 11 is 3.55. The van der Waals surface area contributed by atoms with Crippen LogP contribution in [0.4, 0.5) is 5.69 Å². The number of para-hydroxylation sites is 1. The van der Waals surface area contributed by atoms with E-state index in [0.29, 0.717) is 6.10 Å². The Balaban J connectivity index is 1.66. The number of nitrogens with zero attached hydrogens (tertiary/aromatic N) is 1. The minimum absolute atomic E-state index is 0.484. The maximum absolute atomic E-state index is 5.67. The quantitative estimate of drug-likeness (QED) is 0.867. The van der Waals surface area contributed by atoms with Crippen LogP contribution < -0.4 is 5.32 Å². The van der Waals surface area contributed by atoms with Crippen molar-refractivity contribution in [1.29, 1.82) is 0 Å². The molecule has 1 heterocycles. The first-order chi connectivity index (χ1) is 9.29. The highest BCUT2D eigenvalue weighted by Gasteiger charge is 2.18. The summed E-state index contributed by atoms with van der Waals surface area (Å²) in [5.41, 5.74) is 1.17. The topological polar surface area (TPSA) is 24.5 Å². The standard InChI is InChI=1S/C15H23BrN2O/c1-2-19-13-7-10-18(11-8-13)12-9-17-15-6-4-3-5-14(15)16/h3-6,13,17H,2,7-12H2,1H3. The monoisotopic (exact) mass is 326 g/mol. The van der Waals surface area contributed by atoms with Gasteiger partial charge in [-0.2, -0.15) is 0 Å². The van der Waals surface area contributed by atoms with Gasteiger partial charge in [-0.25, -0.2) is 0 Å². The maximum atomic E-state index is 5.67. The van der Waals surface area contributed by atoms with Crippen LogP contribution in [0.2, 0.25) is 0 Å². The molecule has 3 nitrogen and oxygen atoms in total. The number of rotatable bonds is 6. The van der Waals surface area contributed by atoms with Gasteiger partial charge in [0.15, 0.2) is 0 Å². The van der Waals surface area contributed by atoms with E-state index in [2.05, 4.69) is 51.3 Å². The van der Waals surface area contributed by atoms with Crippen LogP contribution in [0.15, 0.2) is 28.7 Å². The Hall–Kier alpha value is -0.580. The molecular formula is C15H23BrN2O. The zero-order chi connectivity index (χ0) is 13.5. The largest absolute Gasteiger partial charge is 0.383 e. The normalized spacial score (nSPS) is 17.6. The van der Waals surface area contributed by atoms with Gasteiger partial charge in [-0.15, -0.1) is 0 Å². The number of halogens is 1. The van der Waals surface area contributed by atoms with Crippen LogP contribution in [-0.2, 0) is 4.74 Å². The van der Waals surface area contributed by atoms with E-state index in [0.717, 1.165) is 37.3 Å². The van der Waals surface area contributed by atoms with Crippen molar-refractivity contribution in [2.24, 2.45) is 0 Å². The number of benzene rings is 1. The van der Waals surface area contributed by atoms with E-state index in [-0.39, 0.29) is 0 Å². The summed E-state index contributed by atoms with van der Waals surface area (Å²) in [5.74, 6) is 0.